The van der Waals surface area contributed by atoms with Crippen LogP contribution in [0.3, 0.4) is 0 Å². The van der Waals surface area contributed by atoms with Gasteiger partial charge in [0, 0.05) is 30.0 Å². The van der Waals surface area contributed by atoms with Crippen molar-refractivity contribution >= 4 is 29.3 Å². The van der Waals surface area contributed by atoms with E-state index in [1.54, 1.807) is 31.3 Å². The molecular weight excluding hydrogens is 336 g/mol. The van der Waals surface area contributed by atoms with E-state index in [0.29, 0.717) is 17.3 Å². The Hall–Kier alpha value is -2.28. The molecule has 6 nitrogen and oxygen atoms in total. The predicted octanol–water partition coefficient (Wildman–Crippen LogP) is 2.93. The normalized spacial score (nSPS) is 13.6. The number of nitrogens with zero attached hydrogens (tertiary/aromatic N) is 2. The number of carbonyl (C=O) groups excluding carboxylic acids is 2. The van der Waals surface area contributed by atoms with Crippen LogP contribution >= 0.6 is 11.8 Å². The van der Waals surface area contributed by atoms with Gasteiger partial charge in [0.1, 0.15) is 0 Å². The van der Waals surface area contributed by atoms with Crippen molar-refractivity contribution in [3.05, 3.63) is 41.2 Å². The third-order valence-corrected chi connectivity index (χ3v) is 5.19. The van der Waals surface area contributed by atoms with E-state index in [9.17, 15) is 9.59 Å². The van der Waals surface area contributed by atoms with Crippen LogP contribution in [0.15, 0.2) is 29.4 Å². The summed E-state index contributed by atoms with van der Waals surface area (Å²) in [6.07, 6.45) is 2.37. The average Bonchev–Trinajstić information content (AvgIpc) is 3.39. The maximum Gasteiger partial charge on any atom is 0.251 e. The van der Waals surface area contributed by atoms with E-state index >= 15 is 0 Å². The standard InChI is InChI=1S/C18H22N4O2S/c1-11-12(2)22(15-7-8-15)18(20-11)25-10-16(23)21-14-6-4-5-13(9-14)17(24)19-3/h4-6,9,15H,7-8,10H2,1-3H3,(H,19,24)(H,21,23). The van der Waals surface area contributed by atoms with Gasteiger partial charge in [-0.25, -0.2) is 4.98 Å². The Morgan fingerprint density at radius 2 is 2.08 bits per heavy atom. The molecule has 0 saturated heterocycles. The van der Waals surface area contributed by atoms with E-state index in [2.05, 4.69) is 27.1 Å². The summed E-state index contributed by atoms with van der Waals surface area (Å²) in [5.74, 6) is -0.00473. The molecule has 0 aliphatic heterocycles. The van der Waals surface area contributed by atoms with E-state index in [4.69, 9.17) is 0 Å². The van der Waals surface area contributed by atoms with Crippen LogP contribution in [0.25, 0.3) is 0 Å². The lowest BCUT2D eigenvalue weighted by Crippen LogP contribution is -2.19. The summed E-state index contributed by atoms with van der Waals surface area (Å²) in [7, 11) is 1.58. The molecule has 2 amide bonds. The quantitative estimate of drug-likeness (QED) is 0.779. The molecule has 7 heteroatoms. The molecule has 0 atom stereocenters. The Kier molecular flexibility index (Phi) is 5.13. The topological polar surface area (TPSA) is 76.0 Å². The molecule has 1 heterocycles. The van der Waals surface area contributed by atoms with Gasteiger partial charge < -0.3 is 15.2 Å². The second kappa shape index (κ2) is 7.31. The highest BCUT2D eigenvalue weighted by Gasteiger charge is 2.28. The minimum atomic E-state index is -0.178. The first-order valence-electron chi connectivity index (χ1n) is 8.30. The van der Waals surface area contributed by atoms with E-state index in [0.717, 1.165) is 10.9 Å². The first kappa shape index (κ1) is 17.5. The van der Waals surface area contributed by atoms with Crippen LogP contribution in [-0.2, 0) is 4.79 Å². The molecule has 2 aromatic rings. The number of rotatable bonds is 6. The minimum Gasteiger partial charge on any atom is -0.355 e. The molecule has 1 aromatic heterocycles. The Morgan fingerprint density at radius 1 is 1.32 bits per heavy atom. The molecule has 0 unspecified atom stereocenters. The van der Waals surface area contributed by atoms with Crippen LogP contribution in [0.1, 0.15) is 40.6 Å². The van der Waals surface area contributed by atoms with Crippen molar-refractivity contribution in [1.29, 1.82) is 0 Å². The summed E-state index contributed by atoms with van der Waals surface area (Å²) < 4.78 is 2.25. The second-order valence-electron chi connectivity index (χ2n) is 6.16. The zero-order chi connectivity index (χ0) is 18.0. The summed E-state index contributed by atoms with van der Waals surface area (Å²) in [6, 6.07) is 7.44. The fraction of sp³-hybridized carbons (Fsp3) is 0.389. The lowest BCUT2D eigenvalue weighted by atomic mass is 10.2. The summed E-state index contributed by atoms with van der Waals surface area (Å²) in [5.41, 5.74) is 3.34. The van der Waals surface area contributed by atoms with Crippen LogP contribution in [0.2, 0.25) is 0 Å². The van der Waals surface area contributed by atoms with Gasteiger partial charge in [0.05, 0.1) is 11.4 Å². The summed E-state index contributed by atoms with van der Waals surface area (Å²) >= 11 is 1.45. The van der Waals surface area contributed by atoms with Gasteiger partial charge in [0.25, 0.3) is 5.91 Å². The highest BCUT2D eigenvalue weighted by molar-refractivity contribution is 7.99. The second-order valence-corrected chi connectivity index (χ2v) is 7.11. The summed E-state index contributed by atoms with van der Waals surface area (Å²) in [6.45, 7) is 4.08. The number of hydrogen-bond donors (Lipinski definition) is 2. The maximum absolute atomic E-state index is 12.3. The highest BCUT2D eigenvalue weighted by atomic mass is 32.2. The van der Waals surface area contributed by atoms with Crippen molar-refractivity contribution in [3.8, 4) is 0 Å². The Labute approximate surface area is 151 Å². The Morgan fingerprint density at radius 3 is 2.76 bits per heavy atom. The number of anilines is 1. The van der Waals surface area contributed by atoms with Crippen molar-refractivity contribution in [2.45, 2.75) is 37.9 Å². The van der Waals surface area contributed by atoms with Gasteiger partial charge in [0.2, 0.25) is 5.91 Å². The first-order chi connectivity index (χ1) is 12.0. The minimum absolute atomic E-state index is 0.111. The number of aromatic nitrogens is 2. The van der Waals surface area contributed by atoms with Crippen LogP contribution < -0.4 is 10.6 Å². The zero-order valence-corrected chi connectivity index (χ0v) is 15.4. The lowest BCUT2D eigenvalue weighted by Gasteiger charge is -2.09. The molecule has 0 bridgehead atoms. The number of carbonyl (C=O) groups is 2. The van der Waals surface area contributed by atoms with Crippen LogP contribution in [0.4, 0.5) is 5.69 Å². The van der Waals surface area contributed by atoms with Gasteiger partial charge in [-0.1, -0.05) is 17.8 Å². The molecular formula is C18H22N4O2S. The van der Waals surface area contributed by atoms with Crippen LogP contribution in [0.5, 0.6) is 0 Å². The molecule has 3 rings (SSSR count). The van der Waals surface area contributed by atoms with E-state index in [-0.39, 0.29) is 17.6 Å². The zero-order valence-electron chi connectivity index (χ0n) is 14.6. The van der Waals surface area contributed by atoms with Crippen molar-refractivity contribution in [1.82, 2.24) is 14.9 Å². The van der Waals surface area contributed by atoms with Crippen molar-refractivity contribution in [2.75, 3.05) is 18.1 Å². The molecule has 0 radical (unpaired) electrons. The van der Waals surface area contributed by atoms with Gasteiger partial charge in [-0.2, -0.15) is 0 Å². The molecule has 1 fully saturated rings. The molecule has 25 heavy (non-hydrogen) atoms. The molecule has 1 aromatic carbocycles. The first-order valence-corrected chi connectivity index (χ1v) is 9.28. The molecule has 2 N–H and O–H groups in total. The molecule has 1 aliphatic rings. The number of amides is 2. The number of nitrogens with one attached hydrogen (secondary N) is 2. The number of benzene rings is 1. The Balaban J connectivity index is 1.62. The monoisotopic (exact) mass is 358 g/mol. The van der Waals surface area contributed by atoms with Crippen LogP contribution in [-0.4, -0.2) is 34.2 Å². The Bertz CT molecular complexity index is 811. The third kappa shape index (κ3) is 4.04. The van der Waals surface area contributed by atoms with Crippen molar-refractivity contribution < 1.29 is 9.59 Å². The number of thioether (sulfide) groups is 1. The van der Waals surface area contributed by atoms with Gasteiger partial charge in [-0.05, 0) is 44.9 Å². The fourth-order valence-electron chi connectivity index (χ4n) is 2.67. The fourth-order valence-corrected chi connectivity index (χ4v) is 3.63. The van der Waals surface area contributed by atoms with E-state index in [1.165, 1.54) is 30.3 Å². The largest absolute Gasteiger partial charge is 0.355 e. The van der Waals surface area contributed by atoms with Gasteiger partial charge in [-0.15, -0.1) is 0 Å². The smallest absolute Gasteiger partial charge is 0.251 e. The predicted molar refractivity (Wildman–Crippen MR) is 99.2 cm³/mol. The SMILES string of the molecule is CNC(=O)c1cccc(NC(=O)CSc2nc(C)c(C)n2C2CC2)c1. The molecule has 1 aliphatic carbocycles. The van der Waals surface area contributed by atoms with E-state index in [1.807, 2.05) is 6.92 Å². The third-order valence-electron chi connectivity index (χ3n) is 4.23. The van der Waals surface area contributed by atoms with Gasteiger partial charge in [-0.3, -0.25) is 9.59 Å². The van der Waals surface area contributed by atoms with Gasteiger partial charge in [0.15, 0.2) is 5.16 Å². The number of imidazole rings is 1. The molecule has 1 saturated carbocycles. The number of hydrogen-bond acceptors (Lipinski definition) is 4. The van der Waals surface area contributed by atoms with Crippen LogP contribution in [0, 0.1) is 13.8 Å². The van der Waals surface area contributed by atoms with Crippen molar-refractivity contribution in [2.24, 2.45) is 0 Å². The van der Waals surface area contributed by atoms with Crippen molar-refractivity contribution in [3.63, 3.8) is 0 Å². The lowest BCUT2D eigenvalue weighted by molar-refractivity contribution is -0.113. The maximum atomic E-state index is 12.3. The molecule has 132 valence electrons. The highest BCUT2D eigenvalue weighted by Crippen LogP contribution is 2.39. The molecule has 0 spiro atoms. The number of aryl methyl sites for hydroxylation is 1. The van der Waals surface area contributed by atoms with Gasteiger partial charge >= 0.3 is 0 Å². The summed E-state index contributed by atoms with van der Waals surface area (Å²) in [4.78, 5) is 28.5. The average molecular weight is 358 g/mol. The summed E-state index contributed by atoms with van der Waals surface area (Å²) in [5, 5.41) is 6.32. The van der Waals surface area contributed by atoms with E-state index < -0.39 is 0 Å².